The maximum absolute atomic E-state index is 9.84. The lowest BCUT2D eigenvalue weighted by Gasteiger charge is -1.85. The van der Waals surface area contributed by atoms with Crippen molar-refractivity contribution < 1.29 is 19.1 Å². The van der Waals surface area contributed by atoms with Gasteiger partial charge in [-0.05, 0) is 5.56 Å². The molecule has 0 aliphatic rings. The van der Waals surface area contributed by atoms with Gasteiger partial charge >= 0.3 is 11.9 Å². The second-order valence-corrected chi connectivity index (χ2v) is 3.07. The van der Waals surface area contributed by atoms with Crippen molar-refractivity contribution in [3.63, 3.8) is 0 Å². The van der Waals surface area contributed by atoms with Crippen molar-refractivity contribution in [2.24, 2.45) is 0 Å². The SMILES string of the molecule is C=CC(=O)OC.C=CC(=O)OC.C=Cc1ccccc1. The van der Waals surface area contributed by atoms with Crippen LogP contribution in [0.3, 0.4) is 0 Å². The number of esters is 2. The Kier molecular flexibility index (Phi) is 14.2. The van der Waals surface area contributed by atoms with Gasteiger partial charge in [-0.1, -0.05) is 56.1 Å². The summed E-state index contributed by atoms with van der Waals surface area (Å²) < 4.78 is 8.28. The largest absolute Gasteiger partial charge is 0.466 e. The molecule has 0 N–H and O–H groups in total. The first kappa shape index (κ1) is 19.7. The summed E-state index contributed by atoms with van der Waals surface area (Å²) in [5.74, 6) is -0.787. The van der Waals surface area contributed by atoms with E-state index in [4.69, 9.17) is 0 Å². The van der Waals surface area contributed by atoms with E-state index in [9.17, 15) is 9.59 Å². The molecule has 20 heavy (non-hydrogen) atoms. The minimum atomic E-state index is -0.394. The topological polar surface area (TPSA) is 52.6 Å². The van der Waals surface area contributed by atoms with Crippen molar-refractivity contribution >= 4 is 18.0 Å². The van der Waals surface area contributed by atoms with E-state index < -0.39 is 11.9 Å². The highest BCUT2D eigenvalue weighted by Crippen LogP contribution is 1.97. The molecule has 108 valence electrons. The van der Waals surface area contributed by atoms with Crippen LogP contribution in [0.2, 0.25) is 0 Å². The average Bonchev–Trinajstić information content (AvgIpc) is 2.55. The molecule has 0 atom stereocenters. The lowest BCUT2D eigenvalue weighted by atomic mass is 10.2. The number of carbonyl (C=O) groups is 2. The molecule has 0 saturated carbocycles. The van der Waals surface area contributed by atoms with Gasteiger partial charge < -0.3 is 9.47 Å². The van der Waals surface area contributed by atoms with Crippen LogP contribution in [0.25, 0.3) is 6.08 Å². The van der Waals surface area contributed by atoms with Gasteiger partial charge in [-0.3, -0.25) is 0 Å². The smallest absolute Gasteiger partial charge is 0.329 e. The van der Waals surface area contributed by atoms with E-state index in [1.807, 2.05) is 36.4 Å². The van der Waals surface area contributed by atoms with Gasteiger partial charge in [0.1, 0.15) is 0 Å². The highest BCUT2D eigenvalue weighted by Gasteiger charge is 1.82. The molecule has 0 amide bonds. The van der Waals surface area contributed by atoms with Gasteiger partial charge in [-0.2, -0.15) is 0 Å². The summed E-state index contributed by atoms with van der Waals surface area (Å²) in [6.45, 7) is 9.94. The van der Waals surface area contributed by atoms with Crippen LogP contribution in [-0.2, 0) is 19.1 Å². The van der Waals surface area contributed by atoms with Crippen molar-refractivity contribution in [3.8, 4) is 0 Å². The molecule has 4 heteroatoms. The standard InChI is InChI=1S/C8H8.2C4H6O2/c1-2-8-6-4-3-5-7-8;2*1-3-4(5)6-2/h2-7H,1H2;2*3H,1H2,2H3. The Morgan fingerprint density at radius 1 is 0.900 bits per heavy atom. The monoisotopic (exact) mass is 276 g/mol. The van der Waals surface area contributed by atoms with E-state index in [2.05, 4.69) is 29.2 Å². The first-order valence-corrected chi connectivity index (χ1v) is 5.63. The summed E-state index contributed by atoms with van der Waals surface area (Å²) in [6.07, 6.45) is 4.06. The zero-order valence-corrected chi connectivity index (χ0v) is 11.9. The second-order valence-electron chi connectivity index (χ2n) is 3.07. The van der Waals surface area contributed by atoms with E-state index in [1.54, 1.807) is 0 Å². The summed E-state index contributed by atoms with van der Waals surface area (Å²) in [7, 11) is 2.62. The Morgan fingerprint density at radius 2 is 1.30 bits per heavy atom. The number of ether oxygens (including phenoxy) is 2. The summed E-state index contributed by atoms with van der Waals surface area (Å²) in [5, 5.41) is 0. The van der Waals surface area contributed by atoms with Crippen molar-refractivity contribution in [2.45, 2.75) is 0 Å². The van der Waals surface area contributed by atoms with Gasteiger partial charge in [0.15, 0.2) is 0 Å². The Bertz CT molecular complexity index is 401. The lowest BCUT2D eigenvalue weighted by molar-refractivity contribution is -0.135. The maximum Gasteiger partial charge on any atom is 0.329 e. The number of methoxy groups -OCH3 is 2. The fraction of sp³-hybridized carbons (Fsp3) is 0.125. The molecule has 0 aliphatic heterocycles. The number of benzene rings is 1. The zero-order valence-electron chi connectivity index (χ0n) is 11.9. The second kappa shape index (κ2) is 14.4. The van der Waals surface area contributed by atoms with Gasteiger partial charge in [0.05, 0.1) is 14.2 Å². The Balaban J connectivity index is 0. The van der Waals surface area contributed by atoms with Gasteiger partial charge in [0.2, 0.25) is 0 Å². The van der Waals surface area contributed by atoms with Crippen LogP contribution in [0.5, 0.6) is 0 Å². The van der Waals surface area contributed by atoms with Crippen LogP contribution >= 0.6 is 0 Å². The predicted octanol–water partition coefficient (Wildman–Crippen LogP) is 3.02. The number of hydrogen-bond donors (Lipinski definition) is 0. The summed E-state index contributed by atoms with van der Waals surface area (Å²) in [4.78, 5) is 19.7. The minimum absolute atomic E-state index is 0.394. The number of carbonyl (C=O) groups excluding carboxylic acids is 2. The third-order valence-electron chi connectivity index (χ3n) is 1.77. The minimum Gasteiger partial charge on any atom is -0.466 e. The van der Waals surface area contributed by atoms with E-state index in [-0.39, 0.29) is 0 Å². The van der Waals surface area contributed by atoms with Crippen LogP contribution in [0.15, 0.2) is 62.2 Å². The molecule has 0 unspecified atom stereocenters. The summed E-state index contributed by atoms with van der Waals surface area (Å²) in [5.41, 5.74) is 1.17. The molecule has 0 bridgehead atoms. The van der Waals surface area contributed by atoms with Crippen molar-refractivity contribution in [1.29, 1.82) is 0 Å². The molecule has 0 aromatic heterocycles. The molecular weight excluding hydrogens is 256 g/mol. The average molecular weight is 276 g/mol. The van der Waals surface area contributed by atoms with E-state index >= 15 is 0 Å². The van der Waals surface area contributed by atoms with Crippen molar-refractivity contribution in [1.82, 2.24) is 0 Å². The first-order chi connectivity index (χ1) is 9.55. The van der Waals surface area contributed by atoms with Crippen LogP contribution < -0.4 is 0 Å². The molecule has 0 saturated heterocycles. The number of hydrogen-bond acceptors (Lipinski definition) is 4. The fourth-order valence-electron chi connectivity index (χ4n) is 0.756. The van der Waals surface area contributed by atoms with Gasteiger partial charge in [0, 0.05) is 12.2 Å². The predicted molar refractivity (Wildman–Crippen MR) is 81.0 cm³/mol. The van der Waals surface area contributed by atoms with Gasteiger partial charge in [0.25, 0.3) is 0 Å². The third kappa shape index (κ3) is 13.4. The van der Waals surface area contributed by atoms with E-state index in [0.29, 0.717) is 0 Å². The maximum atomic E-state index is 9.84. The Hall–Kier alpha value is -2.62. The first-order valence-electron chi connectivity index (χ1n) is 5.63. The number of rotatable bonds is 3. The van der Waals surface area contributed by atoms with E-state index in [1.165, 1.54) is 19.8 Å². The highest BCUT2D eigenvalue weighted by molar-refractivity contribution is 5.81. The van der Waals surface area contributed by atoms with E-state index in [0.717, 1.165) is 12.2 Å². The molecule has 1 aromatic rings. The molecular formula is C16H20O4. The molecule has 1 rings (SSSR count). The van der Waals surface area contributed by atoms with Crippen LogP contribution in [0, 0.1) is 0 Å². The van der Waals surface area contributed by atoms with Crippen LogP contribution in [-0.4, -0.2) is 26.2 Å². The normalized spacial score (nSPS) is 7.50. The summed E-state index contributed by atoms with van der Waals surface area (Å²) >= 11 is 0. The molecule has 1 aromatic carbocycles. The zero-order chi connectivity index (χ0) is 15.8. The van der Waals surface area contributed by atoms with Crippen molar-refractivity contribution in [3.05, 3.63) is 67.8 Å². The fourth-order valence-corrected chi connectivity index (χ4v) is 0.756. The highest BCUT2D eigenvalue weighted by atomic mass is 16.5. The van der Waals surface area contributed by atoms with Gasteiger partial charge in [-0.15, -0.1) is 0 Å². The Labute approximate surface area is 120 Å². The molecule has 0 heterocycles. The molecule has 0 fully saturated rings. The van der Waals surface area contributed by atoms with Crippen LogP contribution in [0.4, 0.5) is 0 Å². The molecule has 0 spiro atoms. The van der Waals surface area contributed by atoms with Crippen molar-refractivity contribution in [2.75, 3.05) is 14.2 Å². The van der Waals surface area contributed by atoms with Gasteiger partial charge in [-0.25, -0.2) is 9.59 Å². The molecule has 0 aliphatic carbocycles. The molecule has 0 radical (unpaired) electrons. The quantitative estimate of drug-likeness (QED) is 0.629. The van der Waals surface area contributed by atoms with Crippen LogP contribution in [0.1, 0.15) is 5.56 Å². The Morgan fingerprint density at radius 3 is 1.45 bits per heavy atom. The summed E-state index contributed by atoms with van der Waals surface area (Å²) in [6, 6.07) is 10.0. The third-order valence-corrected chi connectivity index (χ3v) is 1.77. The molecule has 4 nitrogen and oxygen atoms in total. The lowest BCUT2D eigenvalue weighted by Crippen LogP contribution is -1.91.